The first-order valence-corrected chi connectivity index (χ1v) is 11.8. The van der Waals surface area contributed by atoms with E-state index in [0.29, 0.717) is 43.3 Å². The fourth-order valence-corrected chi connectivity index (χ4v) is 4.15. The monoisotopic (exact) mass is 493 g/mol. The molecule has 4 rings (SSSR count). The van der Waals surface area contributed by atoms with Crippen molar-refractivity contribution in [1.82, 2.24) is 15.0 Å². The zero-order valence-electron chi connectivity index (χ0n) is 20.8. The van der Waals surface area contributed by atoms with Crippen LogP contribution in [0.2, 0.25) is 0 Å². The van der Waals surface area contributed by atoms with Crippen LogP contribution in [0.1, 0.15) is 43.8 Å². The summed E-state index contributed by atoms with van der Waals surface area (Å²) >= 11 is 0. The molecule has 2 aromatic carbocycles. The van der Waals surface area contributed by atoms with Crippen LogP contribution in [0.3, 0.4) is 0 Å². The molecule has 9 nitrogen and oxygen atoms in total. The summed E-state index contributed by atoms with van der Waals surface area (Å²) in [6, 6.07) is 16.7. The molecule has 1 amide bonds. The number of aromatic nitrogens is 1. The second-order valence-electron chi connectivity index (χ2n) is 8.68. The molecule has 1 saturated heterocycles. The molecule has 1 unspecified atom stereocenters. The molecule has 1 aliphatic rings. The van der Waals surface area contributed by atoms with Gasteiger partial charge < -0.3 is 23.6 Å². The molecular formula is C27H31N3O6. The Bertz CT molecular complexity index is 1170. The smallest absolute Gasteiger partial charge is 0.337 e. The summed E-state index contributed by atoms with van der Waals surface area (Å²) in [6.45, 7) is 5.47. The average Bonchev–Trinajstić information content (AvgIpc) is 3.37. The van der Waals surface area contributed by atoms with Crippen molar-refractivity contribution in [1.29, 1.82) is 0 Å². The molecule has 1 aromatic heterocycles. The fourth-order valence-electron chi connectivity index (χ4n) is 4.15. The second-order valence-corrected chi connectivity index (χ2v) is 8.68. The van der Waals surface area contributed by atoms with Crippen LogP contribution in [0.4, 0.5) is 0 Å². The van der Waals surface area contributed by atoms with Crippen molar-refractivity contribution in [2.45, 2.75) is 19.6 Å². The number of ether oxygens (including phenoxy) is 3. The van der Waals surface area contributed by atoms with Gasteiger partial charge in [-0.05, 0) is 42.3 Å². The Morgan fingerprint density at radius 3 is 2.42 bits per heavy atom. The zero-order valence-corrected chi connectivity index (χ0v) is 20.8. The highest BCUT2D eigenvalue weighted by atomic mass is 16.5. The topological polar surface area (TPSA) is 94.3 Å². The highest BCUT2D eigenvalue weighted by molar-refractivity contribution is 5.92. The molecule has 0 aliphatic carbocycles. The van der Waals surface area contributed by atoms with Gasteiger partial charge in [0.2, 0.25) is 0 Å². The van der Waals surface area contributed by atoms with Gasteiger partial charge >= 0.3 is 5.97 Å². The van der Waals surface area contributed by atoms with Gasteiger partial charge in [0.15, 0.2) is 5.69 Å². The number of benzene rings is 2. The zero-order chi connectivity index (χ0) is 25.5. The molecule has 0 N–H and O–H groups in total. The molecule has 190 valence electrons. The van der Waals surface area contributed by atoms with Crippen LogP contribution in [-0.4, -0.2) is 73.8 Å². The van der Waals surface area contributed by atoms with Crippen molar-refractivity contribution in [3.05, 3.63) is 82.7 Å². The van der Waals surface area contributed by atoms with E-state index in [-0.39, 0.29) is 18.0 Å². The van der Waals surface area contributed by atoms with E-state index in [1.54, 1.807) is 37.1 Å². The molecule has 2 heterocycles. The average molecular weight is 494 g/mol. The van der Waals surface area contributed by atoms with Crippen LogP contribution in [0.5, 0.6) is 5.75 Å². The maximum atomic E-state index is 12.7. The lowest BCUT2D eigenvalue weighted by Gasteiger charge is -2.36. The van der Waals surface area contributed by atoms with Gasteiger partial charge in [0.05, 0.1) is 32.5 Å². The Balaban J connectivity index is 1.40. The second kappa shape index (κ2) is 11.8. The van der Waals surface area contributed by atoms with Gasteiger partial charge in [-0.25, -0.2) is 4.79 Å². The van der Waals surface area contributed by atoms with Gasteiger partial charge in [0, 0.05) is 38.8 Å². The van der Waals surface area contributed by atoms with Gasteiger partial charge in [0.25, 0.3) is 5.91 Å². The SMILES string of the molecule is COC(=O)c1ccc(COC(CN2CCN(C(=O)c3cc(C)on3)CC2)c2cccc(OC)c2)cc1. The van der Waals surface area contributed by atoms with Crippen molar-refractivity contribution >= 4 is 11.9 Å². The Morgan fingerprint density at radius 2 is 1.78 bits per heavy atom. The van der Waals surface area contributed by atoms with Gasteiger partial charge in [-0.15, -0.1) is 0 Å². The van der Waals surface area contributed by atoms with E-state index in [2.05, 4.69) is 10.1 Å². The number of hydrogen-bond donors (Lipinski definition) is 0. The number of carbonyl (C=O) groups is 2. The third-order valence-electron chi connectivity index (χ3n) is 6.22. The molecule has 1 aliphatic heterocycles. The number of rotatable bonds is 9. The standard InChI is InChI=1S/C27H31N3O6/c1-19-15-24(28-36-19)26(31)30-13-11-29(12-14-30)17-25(22-5-4-6-23(16-22)33-2)35-18-20-7-9-21(10-8-20)27(32)34-3/h4-10,15-16,25H,11-14,17-18H2,1-3H3. The molecule has 36 heavy (non-hydrogen) atoms. The Morgan fingerprint density at radius 1 is 1.03 bits per heavy atom. The number of carbonyl (C=O) groups excluding carboxylic acids is 2. The minimum absolute atomic E-state index is 0.109. The van der Waals surface area contributed by atoms with Crippen LogP contribution in [0, 0.1) is 6.92 Å². The summed E-state index contributed by atoms with van der Waals surface area (Å²) in [5, 5.41) is 3.85. The predicted molar refractivity (Wildman–Crippen MR) is 132 cm³/mol. The summed E-state index contributed by atoms with van der Waals surface area (Å²) in [6.07, 6.45) is -0.208. The molecule has 0 radical (unpaired) electrons. The minimum atomic E-state index is -0.368. The lowest BCUT2D eigenvalue weighted by molar-refractivity contribution is 0.00321. The third-order valence-corrected chi connectivity index (χ3v) is 6.22. The summed E-state index contributed by atoms with van der Waals surface area (Å²) in [5.41, 5.74) is 2.81. The number of amides is 1. The first kappa shape index (κ1) is 25.4. The molecule has 0 bridgehead atoms. The first-order valence-electron chi connectivity index (χ1n) is 11.8. The summed E-state index contributed by atoms with van der Waals surface area (Å²) in [7, 11) is 3.01. The predicted octanol–water partition coefficient (Wildman–Crippen LogP) is 3.49. The number of methoxy groups -OCH3 is 2. The highest BCUT2D eigenvalue weighted by Crippen LogP contribution is 2.25. The Labute approximate surface area is 210 Å². The van der Waals surface area contributed by atoms with E-state index in [1.807, 2.05) is 36.4 Å². The summed E-state index contributed by atoms with van der Waals surface area (Å²) < 4.78 is 21.6. The van der Waals surface area contributed by atoms with Gasteiger partial charge in [0.1, 0.15) is 11.5 Å². The number of piperazine rings is 1. The first-order chi connectivity index (χ1) is 17.5. The minimum Gasteiger partial charge on any atom is -0.497 e. The van der Waals surface area contributed by atoms with Crippen molar-refractivity contribution in [3.63, 3.8) is 0 Å². The van der Waals surface area contributed by atoms with Gasteiger partial charge in [-0.2, -0.15) is 0 Å². The summed E-state index contributed by atoms with van der Waals surface area (Å²) in [4.78, 5) is 28.5. The van der Waals surface area contributed by atoms with E-state index in [1.165, 1.54) is 7.11 Å². The van der Waals surface area contributed by atoms with E-state index >= 15 is 0 Å². The number of hydrogen-bond acceptors (Lipinski definition) is 8. The van der Waals surface area contributed by atoms with Crippen LogP contribution in [-0.2, 0) is 16.1 Å². The van der Waals surface area contributed by atoms with E-state index in [0.717, 1.165) is 30.0 Å². The third kappa shape index (κ3) is 6.30. The Hall–Kier alpha value is -3.69. The fraction of sp³-hybridized carbons (Fsp3) is 0.370. The van der Waals surface area contributed by atoms with Crippen LogP contribution >= 0.6 is 0 Å². The van der Waals surface area contributed by atoms with E-state index in [9.17, 15) is 9.59 Å². The highest BCUT2D eigenvalue weighted by Gasteiger charge is 2.26. The molecule has 1 fully saturated rings. The molecule has 9 heteroatoms. The van der Waals surface area contributed by atoms with Crippen LogP contribution in [0.15, 0.2) is 59.1 Å². The molecule has 0 spiro atoms. The molecule has 3 aromatic rings. The molecular weight excluding hydrogens is 462 g/mol. The molecule has 1 atom stereocenters. The van der Waals surface area contributed by atoms with Crippen molar-refractivity contribution < 1.29 is 28.3 Å². The van der Waals surface area contributed by atoms with Crippen molar-refractivity contribution in [3.8, 4) is 5.75 Å². The summed E-state index contributed by atoms with van der Waals surface area (Å²) in [5.74, 6) is 0.910. The maximum Gasteiger partial charge on any atom is 0.337 e. The van der Waals surface area contributed by atoms with Gasteiger partial charge in [-0.3, -0.25) is 9.69 Å². The van der Waals surface area contributed by atoms with E-state index in [4.69, 9.17) is 18.7 Å². The van der Waals surface area contributed by atoms with Crippen molar-refractivity contribution in [2.24, 2.45) is 0 Å². The molecule has 0 saturated carbocycles. The normalized spacial score (nSPS) is 14.9. The number of aryl methyl sites for hydroxylation is 1. The quantitative estimate of drug-likeness (QED) is 0.418. The lowest BCUT2D eigenvalue weighted by atomic mass is 10.1. The number of esters is 1. The van der Waals surface area contributed by atoms with Crippen LogP contribution < -0.4 is 4.74 Å². The van der Waals surface area contributed by atoms with Crippen LogP contribution in [0.25, 0.3) is 0 Å². The van der Waals surface area contributed by atoms with E-state index < -0.39 is 0 Å². The van der Waals surface area contributed by atoms with Gasteiger partial charge in [-0.1, -0.05) is 29.4 Å². The maximum absolute atomic E-state index is 12.7. The number of nitrogens with zero attached hydrogens (tertiary/aromatic N) is 3. The Kier molecular flexibility index (Phi) is 8.35. The largest absolute Gasteiger partial charge is 0.497 e. The lowest BCUT2D eigenvalue weighted by Crippen LogP contribution is -2.49. The van der Waals surface area contributed by atoms with Crippen molar-refractivity contribution in [2.75, 3.05) is 46.9 Å².